The zero-order valence-electron chi connectivity index (χ0n) is 9.76. The average molecular weight is 256 g/mol. The standard InChI is InChI=1S/C15H12O2S/c16-14-8-9-17-15-10-12(6-7-13(14)15)18-11-4-2-1-3-5-11/h1-7,10H,8-9H2. The third kappa shape index (κ3) is 2.27. The molecule has 0 aromatic heterocycles. The fraction of sp³-hybridized carbons (Fsp3) is 0.133. The molecule has 2 aromatic rings. The summed E-state index contributed by atoms with van der Waals surface area (Å²) in [5.41, 5.74) is 0.707. The molecule has 0 bridgehead atoms. The normalized spacial score (nSPS) is 13.9. The highest BCUT2D eigenvalue weighted by molar-refractivity contribution is 7.99. The maximum atomic E-state index is 11.7. The van der Waals surface area contributed by atoms with Crippen LogP contribution in [0.3, 0.4) is 0 Å². The van der Waals surface area contributed by atoms with Crippen molar-refractivity contribution in [2.75, 3.05) is 6.61 Å². The molecule has 0 spiro atoms. The second kappa shape index (κ2) is 4.86. The molecule has 0 saturated heterocycles. The van der Waals surface area contributed by atoms with Crippen molar-refractivity contribution in [3.05, 3.63) is 54.1 Å². The van der Waals surface area contributed by atoms with Crippen LogP contribution in [0, 0.1) is 0 Å². The molecule has 1 aliphatic rings. The summed E-state index contributed by atoms with van der Waals surface area (Å²) in [7, 11) is 0. The van der Waals surface area contributed by atoms with E-state index >= 15 is 0 Å². The molecule has 0 N–H and O–H groups in total. The minimum atomic E-state index is 0.174. The number of hydrogen-bond acceptors (Lipinski definition) is 3. The van der Waals surface area contributed by atoms with Gasteiger partial charge in [-0.2, -0.15) is 0 Å². The monoisotopic (exact) mass is 256 g/mol. The van der Waals surface area contributed by atoms with E-state index in [1.165, 1.54) is 4.90 Å². The minimum absolute atomic E-state index is 0.174. The van der Waals surface area contributed by atoms with Crippen molar-refractivity contribution in [2.24, 2.45) is 0 Å². The van der Waals surface area contributed by atoms with Crippen LogP contribution in [0.2, 0.25) is 0 Å². The summed E-state index contributed by atoms with van der Waals surface area (Å²) in [4.78, 5) is 13.9. The quantitative estimate of drug-likeness (QED) is 0.817. The molecule has 2 aromatic carbocycles. The van der Waals surface area contributed by atoms with Crippen molar-refractivity contribution in [3.8, 4) is 5.75 Å². The minimum Gasteiger partial charge on any atom is -0.492 e. The van der Waals surface area contributed by atoms with Gasteiger partial charge in [-0.15, -0.1) is 0 Å². The van der Waals surface area contributed by atoms with Crippen molar-refractivity contribution >= 4 is 17.5 Å². The first-order valence-corrected chi connectivity index (χ1v) is 6.67. The molecule has 0 fully saturated rings. The largest absolute Gasteiger partial charge is 0.492 e. The summed E-state index contributed by atoms with van der Waals surface area (Å²) < 4.78 is 5.54. The van der Waals surface area contributed by atoms with Gasteiger partial charge in [0.2, 0.25) is 0 Å². The van der Waals surface area contributed by atoms with Gasteiger partial charge in [-0.1, -0.05) is 30.0 Å². The van der Waals surface area contributed by atoms with Gasteiger partial charge in [0.15, 0.2) is 5.78 Å². The first kappa shape index (κ1) is 11.4. The summed E-state index contributed by atoms with van der Waals surface area (Å²) in [6.45, 7) is 0.491. The predicted molar refractivity (Wildman–Crippen MR) is 71.4 cm³/mol. The summed E-state index contributed by atoms with van der Waals surface area (Å²) in [6, 6.07) is 15.9. The van der Waals surface area contributed by atoms with Gasteiger partial charge in [-0.05, 0) is 30.3 Å². The Kier molecular flexibility index (Phi) is 3.07. The zero-order chi connectivity index (χ0) is 12.4. The van der Waals surface area contributed by atoms with Crippen molar-refractivity contribution in [1.82, 2.24) is 0 Å². The van der Waals surface area contributed by atoms with Gasteiger partial charge in [0.05, 0.1) is 12.2 Å². The number of rotatable bonds is 2. The molecule has 1 heterocycles. The zero-order valence-corrected chi connectivity index (χ0v) is 10.6. The van der Waals surface area contributed by atoms with E-state index in [4.69, 9.17) is 4.74 Å². The Morgan fingerprint density at radius 2 is 1.83 bits per heavy atom. The van der Waals surface area contributed by atoms with Gasteiger partial charge in [0, 0.05) is 16.2 Å². The lowest BCUT2D eigenvalue weighted by Crippen LogP contribution is -2.14. The van der Waals surface area contributed by atoms with Gasteiger partial charge in [0.25, 0.3) is 0 Å². The Balaban J connectivity index is 1.89. The number of benzene rings is 2. The molecule has 18 heavy (non-hydrogen) atoms. The van der Waals surface area contributed by atoms with Crippen LogP contribution >= 0.6 is 11.8 Å². The van der Waals surface area contributed by atoms with Crippen LogP contribution in [0.4, 0.5) is 0 Å². The molecule has 0 amide bonds. The maximum absolute atomic E-state index is 11.7. The molecule has 90 valence electrons. The lowest BCUT2D eigenvalue weighted by Gasteiger charge is -2.16. The van der Waals surface area contributed by atoms with Gasteiger partial charge in [-0.25, -0.2) is 0 Å². The first-order valence-electron chi connectivity index (χ1n) is 5.86. The molecular formula is C15H12O2S. The van der Waals surface area contributed by atoms with E-state index in [1.54, 1.807) is 11.8 Å². The van der Waals surface area contributed by atoms with E-state index in [2.05, 4.69) is 12.1 Å². The highest BCUT2D eigenvalue weighted by Crippen LogP contribution is 2.33. The number of Topliss-reactive ketones (excluding diaryl/α,β-unsaturated/α-hetero) is 1. The fourth-order valence-electron chi connectivity index (χ4n) is 1.93. The van der Waals surface area contributed by atoms with Crippen LogP contribution in [0.1, 0.15) is 16.8 Å². The summed E-state index contributed by atoms with van der Waals surface area (Å²) in [5.74, 6) is 0.889. The molecule has 3 rings (SSSR count). The molecular weight excluding hydrogens is 244 g/mol. The Morgan fingerprint density at radius 3 is 2.67 bits per heavy atom. The van der Waals surface area contributed by atoms with Gasteiger partial charge >= 0.3 is 0 Å². The summed E-state index contributed by atoms with van der Waals surface area (Å²) in [5, 5.41) is 0. The van der Waals surface area contributed by atoms with E-state index < -0.39 is 0 Å². The second-order valence-corrected chi connectivity index (χ2v) is 5.24. The summed E-state index contributed by atoms with van der Waals surface area (Å²) in [6.07, 6.45) is 0.484. The van der Waals surface area contributed by atoms with Crippen LogP contribution < -0.4 is 4.74 Å². The molecule has 0 saturated carbocycles. The van der Waals surface area contributed by atoms with Crippen molar-refractivity contribution in [1.29, 1.82) is 0 Å². The van der Waals surface area contributed by atoms with Gasteiger partial charge < -0.3 is 4.74 Å². The van der Waals surface area contributed by atoms with Crippen LogP contribution in [0.15, 0.2) is 58.3 Å². The molecule has 3 heteroatoms. The van der Waals surface area contributed by atoms with Crippen LogP contribution in [0.5, 0.6) is 5.75 Å². The third-order valence-electron chi connectivity index (χ3n) is 2.82. The SMILES string of the molecule is O=C1CCOc2cc(Sc3ccccc3)ccc21. The highest BCUT2D eigenvalue weighted by Gasteiger charge is 2.18. The first-order chi connectivity index (χ1) is 8.83. The number of ketones is 1. The van der Waals surface area contributed by atoms with Crippen molar-refractivity contribution in [2.45, 2.75) is 16.2 Å². The van der Waals surface area contributed by atoms with Crippen LogP contribution in [-0.4, -0.2) is 12.4 Å². The lowest BCUT2D eigenvalue weighted by atomic mass is 10.1. The number of ether oxygens (including phenoxy) is 1. The summed E-state index contributed by atoms with van der Waals surface area (Å²) >= 11 is 1.67. The molecule has 2 nitrogen and oxygen atoms in total. The van der Waals surface area contributed by atoms with Gasteiger partial charge in [0.1, 0.15) is 5.75 Å². The van der Waals surface area contributed by atoms with Gasteiger partial charge in [-0.3, -0.25) is 4.79 Å². The highest BCUT2D eigenvalue weighted by atomic mass is 32.2. The Morgan fingerprint density at radius 1 is 1.00 bits per heavy atom. The maximum Gasteiger partial charge on any atom is 0.169 e. The topological polar surface area (TPSA) is 26.3 Å². The lowest BCUT2D eigenvalue weighted by molar-refractivity contribution is 0.0933. The Bertz CT molecular complexity index is 578. The molecule has 0 unspecified atom stereocenters. The third-order valence-corrected chi connectivity index (χ3v) is 3.82. The van der Waals surface area contributed by atoms with Crippen molar-refractivity contribution in [3.63, 3.8) is 0 Å². The van der Waals surface area contributed by atoms with E-state index in [9.17, 15) is 4.79 Å². The fourth-order valence-corrected chi connectivity index (χ4v) is 2.80. The number of hydrogen-bond donors (Lipinski definition) is 0. The molecule has 1 aliphatic heterocycles. The van der Waals surface area contributed by atoms with E-state index in [0.717, 1.165) is 4.90 Å². The molecule has 0 atom stereocenters. The Labute approximate surface area is 110 Å². The van der Waals surface area contributed by atoms with Crippen LogP contribution in [0.25, 0.3) is 0 Å². The van der Waals surface area contributed by atoms with Crippen molar-refractivity contribution < 1.29 is 9.53 Å². The number of fused-ring (bicyclic) bond motifs is 1. The molecule has 0 aliphatic carbocycles. The number of carbonyl (C=O) groups is 1. The smallest absolute Gasteiger partial charge is 0.169 e. The number of carbonyl (C=O) groups excluding carboxylic acids is 1. The van der Waals surface area contributed by atoms with Crippen LogP contribution in [-0.2, 0) is 0 Å². The molecule has 0 radical (unpaired) electrons. The predicted octanol–water partition coefficient (Wildman–Crippen LogP) is 3.80. The second-order valence-electron chi connectivity index (χ2n) is 4.09. The average Bonchev–Trinajstić information content (AvgIpc) is 2.40. The van der Waals surface area contributed by atoms with E-state index in [1.807, 2.05) is 36.4 Å². The van der Waals surface area contributed by atoms with E-state index in [0.29, 0.717) is 24.3 Å². The Hall–Kier alpha value is -1.74. The van der Waals surface area contributed by atoms with E-state index in [-0.39, 0.29) is 5.78 Å².